The Hall–Kier alpha value is -3.39. The van der Waals surface area contributed by atoms with Crippen molar-refractivity contribution in [2.75, 3.05) is 19.7 Å². The van der Waals surface area contributed by atoms with Crippen LogP contribution in [0.2, 0.25) is 0 Å². The number of hydrogen-bond donors (Lipinski definition) is 3. The number of benzene rings is 2. The fraction of sp³-hybridized carbons (Fsp3) is 0.412. The summed E-state index contributed by atoms with van der Waals surface area (Å²) in [7, 11) is 0. The number of hydrogen-bond acceptors (Lipinski definition) is 6. The van der Waals surface area contributed by atoms with Crippen LogP contribution in [0.4, 0.5) is 0 Å². The van der Waals surface area contributed by atoms with Gasteiger partial charge in [-0.25, -0.2) is 0 Å². The first-order chi connectivity index (χ1) is 20.9. The zero-order valence-corrected chi connectivity index (χ0v) is 28.6. The topological polar surface area (TPSA) is 147 Å². The number of amides is 2. The van der Waals surface area contributed by atoms with Crippen LogP contribution in [-0.4, -0.2) is 48.5 Å². The van der Waals surface area contributed by atoms with Crippen LogP contribution in [-0.2, 0) is 53.2 Å². The smallest absolute Gasteiger partial charge is 0.308 e. The van der Waals surface area contributed by atoms with E-state index in [-0.39, 0.29) is 63.7 Å². The molecule has 3 rings (SSSR count). The molecule has 10 heteroatoms. The van der Waals surface area contributed by atoms with E-state index in [4.69, 9.17) is 16.2 Å². The number of ether oxygens (including phenoxy) is 1. The number of aromatic nitrogens is 1. The molecule has 1 aromatic heterocycles. The maximum atomic E-state index is 12.7. The van der Waals surface area contributed by atoms with Crippen LogP contribution < -0.4 is 16.4 Å². The van der Waals surface area contributed by atoms with E-state index >= 15 is 0 Å². The van der Waals surface area contributed by atoms with E-state index in [1.54, 1.807) is 19.3 Å². The largest absolute Gasteiger partial charge is 0.676 e. The predicted molar refractivity (Wildman–Crippen MR) is 173 cm³/mol. The van der Waals surface area contributed by atoms with Gasteiger partial charge in [0.05, 0.1) is 12.5 Å². The van der Waals surface area contributed by atoms with E-state index in [0.29, 0.717) is 39.1 Å². The average Bonchev–Trinajstić information content (AvgIpc) is 3.05. The number of nitrogens with one attached hydrogen (secondary N) is 3. The summed E-state index contributed by atoms with van der Waals surface area (Å²) in [4.78, 5) is 41.1. The van der Waals surface area contributed by atoms with Gasteiger partial charge in [-0.3, -0.25) is 19.4 Å². The number of carbonyl (C=O) groups excluding carboxylic acids is 3. The molecule has 44 heavy (non-hydrogen) atoms. The van der Waals surface area contributed by atoms with Crippen LogP contribution in [0.15, 0.2) is 79.1 Å². The summed E-state index contributed by atoms with van der Waals surface area (Å²) in [6, 6.07) is 21.7. The van der Waals surface area contributed by atoms with Crippen molar-refractivity contribution >= 4 is 17.8 Å². The fourth-order valence-electron chi connectivity index (χ4n) is 4.07. The molecule has 3 aromatic rings. The van der Waals surface area contributed by atoms with E-state index in [9.17, 15) is 14.4 Å². The van der Waals surface area contributed by atoms with Crippen LogP contribution in [0.25, 0.3) is 16.9 Å². The Labute approximate surface area is 277 Å². The van der Waals surface area contributed by atoms with Gasteiger partial charge in [0.1, 0.15) is 0 Å². The molecule has 0 radical (unpaired) electrons. The van der Waals surface area contributed by atoms with Crippen molar-refractivity contribution in [2.24, 2.45) is 11.7 Å². The molecule has 1 unspecified atom stereocenters. The quantitative estimate of drug-likeness (QED) is 0.185. The number of nitrogens with two attached hydrogens (primary N) is 1. The van der Waals surface area contributed by atoms with E-state index in [2.05, 4.69) is 39.9 Å². The third kappa shape index (κ3) is 17.0. The molecule has 0 aliphatic rings. The number of nitrogens with zero attached hydrogens (tertiary/aromatic N) is 1. The molecule has 9 nitrogen and oxygen atoms in total. The minimum absolute atomic E-state index is 0. The number of rotatable bonds is 14. The van der Waals surface area contributed by atoms with Crippen LogP contribution in [0, 0.1) is 5.92 Å². The Morgan fingerprint density at radius 3 is 2.02 bits per heavy atom. The van der Waals surface area contributed by atoms with E-state index in [1.807, 2.05) is 63.2 Å². The average molecular weight is 786 g/mol. The molecule has 0 aliphatic heterocycles. The maximum Gasteiger partial charge on any atom is 0.308 e. The molecular weight excluding hydrogens is 737 g/mol. The Morgan fingerprint density at radius 2 is 1.45 bits per heavy atom. The van der Waals surface area contributed by atoms with Crippen LogP contribution in [0.5, 0.6) is 0 Å². The molecule has 0 saturated carbocycles. The number of carbonyl (C=O) groups is 3. The summed E-state index contributed by atoms with van der Waals surface area (Å²) in [6.45, 7) is 9.12. The molecule has 5 N–H and O–H groups in total. The molecule has 2 amide bonds. The van der Waals surface area contributed by atoms with Gasteiger partial charge in [0.15, 0.2) is 0 Å². The number of pyridine rings is 1. The van der Waals surface area contributed by atoms with E-state index in [0.717, 1.165) is 22.3 Å². The summed E-state index contributed by atoms with van der Waals surface area (Å²) < 4.78 is 5.16. The van der Waals surface area contributed by atoms with Gasteiger partial charge in [-0.2, -0.15) is 0 Å². The van der Waals surface area contributed by atoms with Crippen molar-refractivity contribution in [2.45, 2.75) is 66.0 Å². The van der Waals surface area contributed by atoms with Crippen molar-refractivity contribution in [3.8, 4) is 11.1 Å². The first kappa shape index (κ1) is 40.6. The van der Waals surface area contributed by atoms with E-state index in [1.165, 1.54) is 0 Å². The SMILES string of the molecule is CC.CCOC(=O)C(C)C[C@@H](Cc1ccc(-c2ccccc2)cc1)NC(=O)CCC(=O)NCc1ccncc1.[NH-]CCN.[Pt]. The van der Waals surface area contributed by atoms with Crippen LogP contribution >= 0.6 is 0 Å². The van der Waals surface area contributed by atoms with Gasteiger partial charge in [-0.05, 0) is 60.7 Å². The standard InChI is InChI=1S/C30H35N3O4.C2H7N2.C2H6.Pt/c1-3-37-30(36)22(2)19-27(20-23-9-11-26(12-10-23)25-7-5-4-6-8-25)33-29(35)14-13-28(34)32-21-24-15-17-31-18-16-24;3-1-2-4;1-2;/h4-12,15-18,22,27H,3,13-14,19-21H2,1-2H3,(H,32,34)(H,33,35);3H,1-2,4H2;1-2H3;/q;-1;;/t22?,27-;;;/m0.../s1. The molecule has 0 spiro atoms. The van der Waals surface area contributed by atoms with E-state index < -0.39 is 0 Å². The fourth-order valence-corrected chi connectivity index (χ4v) is 4.07. The summed E-state index contributed by atoms with van der Waals surface area (Å²) in [5, 5.41) is 5.85. The first-order valence-corrected chi connectivity index (χ1v) is 15.0. The van der Waals surface area contributed by atoms with Gasteiger partial charge in [0.25, 0.3) is 0 Å². The van der Waals surface area contributed by atoms with Gasteiger partial charge in [-0.15, -0.1) is 6.54 Å². The van der Waals surface area contributed by atoms with Gasteiger partial charge in [-0.1, -0.05) is 75.4 Å². The van der Waals surface area contributed by atoms with Crippen LogP contribution in [0.1, 0.15) is 58.1 Å². The van der Waals surface area contributed by atoms with Gasteiger partial charge in [0.2, 0.25) is 11.8 Å². The van der Waals surface area contributed by atoms with Crippen molar-refractivity contribution < 1.29 is 40.2 Å². The van der Waals surface area contributed by atoms with Gasteiger partial charge in [0, 0.05) is 58.9 Å². The first-order valence-electron chi connectivity index (χ1n) is 15.0. The molecule has 0 saturated heterocycles. The molecule has 0 aliphatic carbocycles. The van der Waals surface area contributed by atoms with Crippen molar-refractivity contribution in [3.05, 3.63) is 96.0 Å². The Morgan fingerprint density at radius 1 is 0.886 bits per heavy atom. The maximum absolute atomic E-state index is 12.7. The van der Waals surface area contributed by atoms with Crippen molar-refractivity contribution in [1.82, 2.24) is 15.6 Å². The number of esters is 1. The summed E-state index contributed by atoms with van der Waals surface area (Å²) in [5.41, 5.74) is 15.4. The second-order valence-corrected chi connectivity index (χ2v) is 9.59. The summed E-state index contributed by atoms with van der Waals surface area (Å²) >= 11 is 0. The molecule has 0 fully saturated rings. The third-order valence-electron chi connectivity index (χ3n) is 6.20. The Balaban J connectivity index is 0.00000244. The summed E-state index contributed by atoms with van der Waals surface area (Å²) in [5.74, 6) is -1.06. The van der Waals surface area contributed by atoms with Gasteiger partial charge >= 0.3 is 5.97 Å². The predicted octanol–water partition coefficient (Wildman–Crippen LogP) is 5.48. The minimum atomic E-state index is -0.363. The van der Waals surface area contributed by atoms with Crippen molar-refractivity contribution in [3.63, 3.8) is 0 Å². The zero-order valence-electron chi connectivity index (χ0n) is 26.3. The van der Waals surface area contributed by atoms with Crippen molar-refractivity contribution in [1.29, 1.82) is 0 Å². The third-order valence-corrected chi connectivity index (χ3v) is 6.20. The molecule has 2 aromatic carbocycles. The molecule has 244 valence electrons. The van der Waals surface area contributed by atoms with Crippen LogP contribution in [0.3, 0.4) is 0 Å². The Kier molecular flexibility index (Phi) is 23.1. The Bertz CT molecular complexity index is 1180. The molecule has 0 bridgehead atoms. The monoisotopic (exact) mass is 785 g/mol. The molecule has 1 heterocycles. The second kappa shape index (κ2) is 25.0. The zero-order chi connectivity index (χ0) is 31.9. The normalized spacial score (nSPS) is 11.1. The molecular formula is C34H48N5O4Pt-. The molecule has 2 atom stereocenters. The second-order valence-electron chi connectivity index (χ2n) is 9.59. The minimum Gasteiger partial charge on any atom is -0.676 e. The summed E-state index contributed by atoms with van der Waals surface area (Å²) in [6.07, 6.45) is 4.50. The van der Waals surface area contributed by atoms with Gasteiger partial charge < -0.3 is 26.8 Å².